The molecule has 1 rings (SSSR count). The zero-order valence-corrected chi connectivity index (χ0v) is 6.00. The van der Waals surface area contributed by atoms with Crippen LogP contribution in [0.25, 0.3) is 0 Å². The van der Waals surface area contributed by atoms with Gasteiger partial charge in [0.15, 0.2) is 0 Å². The summed E-state index contributed by atoms with van der Waals surface area (Å²) in [4.78, 5) is 0. The van der Waals surface area contributed by atoms with E-state index in [0.29, 0.717) is 11.4 Å². The largest absolute Gasteiger partial charge is 0.395 e. The van der Waals surface area contributed by atoms with Gasteiger partial charge in [-0.25, -0.2) is 0 Å². The molecular weight excluding hydrogens is 120 g/mol. The summed E-state index contributed by atoms with van der Waals surface area (Å²) in [7, 11) is 0. The molecular formula is C6H12OS. The van der Waals surface area contributed by atoms with Gasteiger partial charge in [-0.1, -0.05) is 6.92 Å². The van der Waals surface area contributed by atoms with Gasteiger partial charge in [-0.05, 0) is 18.6 Å². The van der Waals surface area contributed by atoms with E-state index in [4.69, 9.17) is 5.11 Å². The summed E-state index contributed by atoms with van der Waals surface area (Å²) in [5, 5.41) is 8.77. The fourth-order valence-electron chi connectivity index (χ4n) is 0.794. The maximum atomic E-state index is 8.77. The van der Waals surface area contributed by atoms with Crippen molar-refractivity contribution in [2.75, 3.05) is 12.4 Å². The molecule has 1 nitrogen and oxygen atoms in total. The van der Waals surface area contributed by atoms with Gasteiger partial charge in [-0.2, -0.15) is 11.8 Å². The summed E-state index contributed by atoms with van der Waals surface area (Å²) >= 11 is 1.89. The Hall–Kier alpha value is 0.310. The van der Waals surface area contributed by atoms with Crippen LogP contribution in [0.15, 0.2) is 0 Å². The fourth-order valence-corrected chi connectivity index (χ4v) is 1.89. The normalized spacial score (nSPS) is 23.2. The molecule has 1 aliphatic carbocycles. The highest BCUT2D eigenvalue weighted by Crippen LogP contribution is 2.47. The molecule has 0 aromatic heterocycles. The first-order chi connectivity index (χ1) is 3.83. The third kappa shape index (κ3) is 1.17. The van der Waals surface area contributed by atoms with Crippen LogP contribution >= 0.6 is 11.8 Å². The maximum Gasteiger partial charge on any atom is 0.0578 e. The van der Waals surface area contributed by atoms with Crippen LogP contribution in [0.4, 0.5) is 0 Å². The Bertz CT molecular complexity index is 78.6. The van der Waals surface area contributed by atoms with Gasteiger partial charge in [0, 0.05) is 4.75 Å². The topological polar surface area (TPSA) is 20.2 Å². The van der Waals surface area contributed by atoms with Crippen molar-refractivity contribution in [3.63, 3.8) is 0 Å². The smallest absolute Gasteiger partial charge is 0.0578 e. The van der Waals surface area contributed by atoms with E-state index in [-0.39, 0.29) is 0 Å². The molecule has 8 heavy (non-hydrogen) atoms. The zero-order valence-electron chi connectivity index (χ0n) is 5.18. The predicted molar refractivity (Wildman–Crippen MR) is 37.2 cm³/mol. The summed E-state index contributed by atoms with van der Waals surface area (Å²) in [5.74, 6) is 1.14. The molecule has 0 unspecified atom stereocenters. The molecule has 0 saturated heterocycles. The molecule has 1 aliphatic rings. The zero-order chi connectivity index (χ0) is 6.04. The average Bonchev–Trinajstić information content (AvgIpc) is 2.50. The molecule has 0 amide bonds. The highest BCUT2D eigenvalue weighted by Gasteiger charge is 2.41. The van der Waals surface area contributed by atoms with Crippen molar-refractivity contribution < 1.29 is 5.11 Å². The van der Waals surface area contributed by atoms with E-state index in [0.717, 1.165) is 5.75 Å². The lowest BCUT2D eigenvalue weighted by Gasteiger charge is -2.06. The van der Waals surface area contributed by atoms with Crippen molar-refractivity contribution in [2.24, 2.45) is 0 Å². The number of hydrogen-bond acceptors (Lipinski definition) is 2. The Kier molecular flexibility index (Phi) is 1.83. The number of aliphatic hydroxyl groups excluding tert-OH is 1. The Morgan fingerprint density at radius 3 is 2.38 bits per heavy atom. The fraction of sp³-hybridized carbons (Fsp3) is 1.00. The van der Waals surface area contributed by atoms with E-state index in [9.17, 15) is 0 Å². The Labute approximate surface area is 54.5 Å². The van der Waals surface area contributed by atoms with Gasteiger partial charge in [-0.15, -0.1) is 0 Å². The van der Waals surface area contributed by atoms with Gasteiger partial charge in [0.25, 0.3) is 0 Å². The molecule has 0 aliphatic heterocycles. The van der Waals surface area contributed by atoms with E-state index in [1.54, 1.807) is 0 Å². The maximum absolute atomic E-state index is 8.77. The van der Waals surface area contributed by atoms with Crippen molar-refractivity contribution >= 4 is 11.8 Å². The monoisotopic (exact) mass is 132 g/mol. The SMILES string of the molecule is CCSC1(CO)CC1. The second kappa shape index (κ2) is 2.28. The molecule has 2 heteroatoms. The van der Waals surface area contributed by atoms with Crippen molar-refractivity contribution in [2.45, 2.75) is 24.5 Å². The van der Waals surface area contributed by atoms with Gasteiger partial charge >= 0.3 is 0 Å². The lowest BCUT2D eigenvalue weighted by atomic mass is 10.5. The Morgan fingerprint density at radius 1 is 1.62 bits per heavy atom. The minimum atomic E-state index is 0.314. The van der Waals surface area contributed by atoms with Gasteiger partial charge in [0.05, 0.1) is 6.61 Å². The first-order valence-corrected chi connectivity index (χ1v) is 4.06. The van der Waals surface area contributed by atoms with E-state index >= 15 is 0 Å². The summed E-state index contributed by atoms with van der Waals surface area (Å²) in [6.45, 7) is 2.52. The highest BCUT2D eigenvalue weighted by atomic mass is 32.2. The molecule has 0 aromatic carbocycles. The standard InChI is InChI=1S/C6H12OS/c1-2-8-6(5-7)3-4-6/h7H,2-5H2,1H3. The molecule has 0 aromatic rings. The number of rotatable bonds is 3. The van der Waals surface area contributed by atoms with Crippen LogP contribution in [0, 0.1) is 0 Å². The van der Waals surface area contributed by atoms with Gasteiger partial charge in [-0.3, -0.25) is 0 Å². The molecule has 48 valence electrons. The average molecular weight is 132 g/mol. The van der Waals surface area contributed by atoms with Crippen molar-refractivity contribution in [3.8, 4) is 0 Å². The molecule has 1 fully saturated rings. The lowest BCUT2D eigenvalue weighted by molar-refractivity contribution is 0.289. The molecule has 0 heterocycles. The van der Waals surface area contributed by atoms with E-state index in [1.807, 2.05) is 11.8 Å². The third-order valence-corrected chi connectivity index (χ3v) is 2.98. The van der Waals surface area contributed by atoms with Crippen LogP contribution in [0.3, 0.4) is 0 Å². The molecule has 0 bridgehead atoms. The Morgan fingerprint density at radius 2 is 2.25 bits per heavy atom. The minimum Gasteiger partial charge on any atom is -0.395 e. The van der Waals surface area contributed by atoms with Crippen LogP contribution in [-0.2, 0) is 0 Å². The van der Waals surface area contributed by atoms with Crippen LogP contribution in [0.5, 0.6) is 0 Å². The molecule has 0 radical (unpaired) electrons. The van der Waals surface area contributed by atoms with Crippen LogP contribution < -0.4 is 0 Å². The lowest BCUT2D eigenvalue weighted by Crippen LogP contribution is -2.08. The summed E-state index contributed by atoms with van der Waals surface area (Å²) in [6.07, 6.45) is 2.45. The van der Waals surface area contributed by atoms with E-state index < -0.39 is 0 Å². The molecule has 0 atom stereocenters. The summed E-state index contributed by atoms with van der Waals surface area (Å²) in [6, 6.07) is 0. The molecule has 1 N–H and O–H groups in total. The van der Waals surface area contributed by atoms with Crippen LogP contribution in [-0.4, -0.2) is 22.2 Å². The van der Waals surface area contributed by atoms with Crippen LogP contribution in [0.1, 0.15) is 19.8 Å². The summed E-state index contributed by atoms with van der Waals surface area (Å²) in [5.41, 5.74) is 0. The van der Waals surface area contributed by atoms with Gasteiger partial charge in [0.1, 0.15) is 0 Å². The number of aliphatic hydroxyl groups is 1. The third-order valence-electron chi connectivity index (χ3n) is 1.55. The van der Waals surface area contributed by atoms with Crippen LogP contribution in [0.2, 0.25) is 0 Å². The van der Waals surface area contributed by atoms with E-state index in [1.165, 1.54) is 12.8 Å². The first-order valence-electron chi connectivity index (χ1n) is 3.08. The second-order valence-corrected chi connectivity index (χ2v) is 4.01. The predicted octanol–water partition coefficient (Wildman–Crippen LogP) is 1.26. The van der Waals surface area contributed by atoms with E-state index in [2.05, 4.69) is 6.92 Å². The quantitative estimate of drug-likeness (QED) is 0.624. The minimum absolute atomic E-state index is 0.314. The summed E-state index contributed by atoms with van der Waals surface area (Å²) < 4.78 is 0.314. The molecule has 0 spiro atoms. The van der Waals surface area contributed by atoms with Crippen molar-refractivity contribution in [3.05, 3.63) is 0 Å². The second-order valence-electron chi connectivity index (χ2n) is 2.27. The van der Waals surface area contributed by atoms with Crippen molar-refractivity contribution in [1.29, 1.82) is 0 Å². The number of thioether (sulfide) groups is 1. The first kappa shape index (κ1) is 6.43. The Balaban J connectivity index is 2.20. The molecule has 1 saturated carbocycles. The van der Waals surface area contributed by atoms with Crippen molar-refractivity contribution in [1.82, 2.24) is 0 Å². The van der Waals surface area contributed by atoms with Gasteiger partial charge < -0.3 is 5.11 Å². The number of hydrogen-bond donors (Lipinski definition) is 1. The van der Waals surface area contributed by atoms with Gasteiger partial charge in [0.2, 0.25) is 0 Å². The highest BCUT2D eigenvalue weighted by molar-refractivity contribution is 8.00.